The van der Waals surface area contributed by atoms with Crippen LogP contribution in [0.1, 0.15) is 35.4 Å². The van der Waals surface area contributed by atoms with E-state index in [0.717, 1.165) is 27.7 Å². The Morgan fingerprint density at radius 1 is 1.19 bits per heavy atom. The van der Waals surface area contributed by atoms with Crippen molar-refractivity contribution < 1.29 is 23.2 Å². The van der Waals surface area contributed by atoms with E-state index in [-0.39, 0.29) is 25.0 Å². The van der Waals surface area contributed by atoms with Crippen LogP contribution in [-0.2, 0) is 20.7 Å². The number of hydrogen-bond donors (Lipinski definition) is 1. The van der Waals surface area contributed by atoms with E-state index in [9.17, 15) is 9.59 Å². The average molecular weight is 355 g/mol. The highest BCUT2D eigenvalue weighted by molar-refractivity contribution is 5.87. The summed E-state index contributed by atoms with van der Waals surface area (Å²) in [6, 6.07) is 7.17. The minimum atomic E-state index is -0.480. The van der Waals surface area contributed by atoms with Gasteiger partial charge in [0.2, 0.25) is 0 Å². The molecule has 0 fully saturated rings. The SMILES string of the molecule is Cc1cc2occ(CC(=O)OCC(=O)N[C@@H](C)c3ccco3)c2cc1C. The molecule has 26 heavy (non-hydrogen) atoms. The smallest absolute Gasteiger partial charge is 0.310 e. The van der Waals surface area contributed by atoms with Crippen LogP contribution in [-0.4, -0.2) is 18.5 Å². The molecule has 3 rings (SSSR count). The lowest BCUT2D eigenvalue weighted by Crippen LogP contribution is -2.31. The van der Waals surface area contributed by atoms with Crippen LogP contribution in [0.3, 0.4) is 0 Å². The summed E-state index contributed by atoms with van der Waals surface area (Å²) in [6.07, 6.45) is 3.15. The summed E-state index contributed by atoms with van der Waals surface area (Å²) < 4.78 is 15.8. The molecule has 6 heteroatoms. The number of furan rings is 2. The van der Waals surface area contributed by atoms with Crippen LogP contribution in [0.5, 0.6) is 0 Å². The van der Waals surface area contributed by atoms with Crippen LogP contribution in [0.15, 0.2) is 45.6 Å². The van der Waals surface area contributed by atoms with Gasteiger partial charge in [-0.25, -0.2) is 0 Å². The number of fused-ring (bicyclic) bond motifs is 1. The standard InChI is InChI=1S/C20H21NO5/c1-12-7-16-15(10-25-18(16)8-13(12)2)9-20(23)26-11-19(22)21-14(3)17-5-4-6-24-17/h4-8,10,14H,9,11H2,1-3H3,(H,21,22)/t14-/m0/s1. The first-order chi connectivity index (χ1) is 12.4. The number of hydrogen-bond acceptors (Lipinski definition) is 5. The average Bonchev–Trinajstić information content (AvgIpc) is 3.25. The van der Waals surface area contributed by atoms with Gasteiger partial charge in [0, 0.05) is 10.9 Å². The third kappa shape index (κ3) is 3.96. The van der Waals surface area contributed by atoms with Crippen molar-refractivity contribution in [3.63, 3.8) is 0 Å². The van der Waals surface area contributed by atoms with Gasteiger partial charge in [0.25, 0.3) is 5.91 Å². The first kappa shape index (κ1) is 17.8. The molecule has 1 aromatic carbocycles. The Bertz CT molecular complexity index is 923. The van der Waals surface area contributed by atoms with Crippen LogP contribution in [0.25, 0.3) is 11.0 Å². The Balaban J connectivity index is 1.54. The summed E-state index contributed by atoms with van der Waals surface area (Å²) in [4.78, 5) is 24.0. The van der Waals surface area contributed by atoms with Crippen LogP contribution in [0.2, 0.25) is 0 Å². The molecule has 0 saturated carbocycles. The molecule has 6 nitrogen and oxygen atoms in total. The van der Waals surface area contributed by atoms with Crippen molar-refractivity contribution >= 4 is 22.8 Å². The van der Waals surface area contributed by atoms with Gasteiger partial charge in [0.15, 0.2) is 6.61 Å². The normalized spacial score (nSPS) is 12.1. The lowest BCUT2D eigenvalue weighted by molar-refractivity contribution is -0.148. The number of carbonyl (C=O) groups excluding carboxylic acids is 2. The molecular formula is C20H21NO5. The predicted octanol–water partition coefficient (Wildman–Crippen LogP) is 3.61. The van der Waals surface area contributed by atoms with Gasteiger partial charge in [-0.2, -0.15) is 0 Å². The van der Waals surface area contributed by atoms with E-state index in [1.165, 1.54) is 6.26 Å². The molecule has 1 N–H and O–H groups in total. The highest BCUT2D eigenvalue weighted by Gasteiger charge is 2.16. The third-order valence-corrected chi connectivity index (χ3v) is 4.32. The van der Waals surface area contributed by atoms with Gasteiger partial charge in [-0.05, 0) is 56.2 Å². The molecule has 136 valence electrons. The van der Waals surface area contributed by atoms with Crippen LogP contribution < -0.4 is 5.32 Å². The number of ether oxygens (including phenoxy) is 1. The number of amides is 1. The fourth-order valence-corrected chi connectivity index (χ4v) is 2.72. The molecule has 0 radical (unpaired) electrons. The van der Waals surface area contributed by atoms with Crippen molar-refractivity contribution in [2.75, 3.05) is 6.61 Å². The van der Waals surface area contributed by atoms with E-state index in [2.05, 4.69) is 5.32 Å². The molecule has 0 aliphatic heterocycles. The second-order valence-electron chi connectivity index (χ2n) is 6.34. The molecular weight excluding hydrogens is 334 g/mol. The van der Waals surface area contributed by atoms with Crippen molar-refractivity contribution in [1.29, 1.82) is 0 Å². The number of nitrogens with one attached hydrogen (secondary N) is 1. The van der Waals surface area contributed by atoms with Gasteiger partial charge >= 0.3 is 5.97 Å². The molecule has 0 spiro atoms. The Labute approximate surface area is 151 Å². The van der Waals surface area contributed by atoms with Crippen molar-refractivity contribution in [3.8, 4) is 0 Å². The molecule has 0 unspecified atom stereocenters. The maximum absolute atomic E-state index is 12.1. The summed E-state index contributed by atoms with van der Waals surface area (Å²) in [5, 5.41) is 3.60. The van der Waals surface area contributed by atoms with E-state index in [0.29, 0.717) is 5.76 Å². The quantitative estimate of drug-likeness (QED) is 0.683. The fourth-order valence-electron chi connectivity index (χ4n) is 2.72. The van der Waals surface area contributed by atoms with Gasteiger partial charge in [-0.1, -0.05) is 0 Å². The molecule has 3 aromatic rings. The van der Waals surface area contributed by atoms with E-state index < -0.39 is 5.97 Å². The molecule has 1 amide bonds. The second-order valence-corrected chi connectivity index (χ2v) is 6.34. The zero-order valence-electron chi connectivity index (χ0n) is 15.0. The minimum Gasteiger partial charge on any atom is -0.467 e. The topological polar surface area (TPSA) is 81.7 Å². The fraction of sp³-hybridized carbons (Fsp3) is 0.300. The second kappa shape index (κ2) is 7.47. The summed E-state index contributed by atoms with van der Waals surface area (Å²) in [5.74, 6) is -0.224. The zero-order chi connectivity index (χ0) is 18.7. The van der Waals surface area contributed by atoms with Crippen LogP contribution in [0, 0.1) is 13.8 Å². The highest BCUT2D eigenvalue weighted by atomic mass is 16.5. The lowest BCUT2D eigenvalue weighted by atomic mass is 10.0. The Kier molecular flexibility index (Phi) is 5.11. The van der Waals surface area contributed by atoms with E-state index in [1.54, 1.807) is 25.3 Å². The molecule has 0 aliphatic carbocycles. The van der Waals surface area contributed by atoms with Crippen molar-refractivity contribution in [2.24, 2.45) is 0 Å². The number of carbonyl (C=O) groups is 2. The zero-order valence-corrected chi connectivity index (χ0v) is 15.0. The molecule has 0 saturated heterocycles. The predicted molar refractivity (Wildman–Crippen MR) is 95.6 cm³/mol. The first-order valence-electron chi connectivity index (χ1n) is 8.39. The lowest BCUT2D eigenvalue weighted by Gasteiger charge is -2.11. The summed E-state index contributed by atoms with van der Waals surface area (Å²) in [7, 11) is 0. The van der Waals surface area contributed by atoms with Gasteiger partial charge in [0.1, 0.15) is 11.3 Å². The molecule has 0 bridgehead atoms. The van der Waals surface area contributed by atoms with Crippen LogP contribution >= 0.6 is 0 Å². The van der Waals surface area contributed by atoms with E-state index in [1.807, 2.05) is 26.0 Å². The monoisotopic (exact) mass is 355 g/mol. The van der Waals surface area contributed by atoms with Gasteiger partial charge in [-0.15, -0.1) is 0 Å². The molecule has 0 aliphatic rings. The van der Waals surface area contributed by atoms with E-state index >= 15 is 0 Å². The van der Waals surface area contributed by atoms with Crippen molar-refractivity contribution in [2.45, 2.75) is 33.2 Å². The number of esters is 1. The number of rotatable bonds is 6. The summed E-state index contributed by atoms with van der Waals surface area (Å²) in [6.45, 7) is 5.47. The summed E-state index contributed by atoms with van der Waals surface area (Å²) in [5.41, 5.74) is 3.74. The van der Waals surface area contributed by atoms with Crippen LogP contribution in [0.4, 0.5) is 0 Å². The first-order valence-corrected chi connectivity index (χ1v) is 8.39. The Morgan fingerprint density at radius 2 is 1.96 bits per heavy atom. The van der Waals surface area contributed by atoms with Crippen molar-refractivity contribution in [1.82, 2.24) is 5.32 Å². The van der Waals surface area contributed by atoms with Gasteiger partial charge < -0.3 is 18.9 Å². The van der Waals surface area contributed by atoms with E-state index in [4.69, 9.17) is 13.6 Å². The number of aryl methyl sites for hydroxylation is 2. The van der Waals surface area contributed by atoms with Crippen molar-refractivity contribution in [3.05, 3.63) is 59.2 Å². The largest absolute Gasteiger partial charge is 0.467 e. The van der Waals surface area contributed by atoms with Gasteiger partial charge in [0.05, 0.1) is 25.0 Å². The number of benzene rings is 1. The Hall–Kier alpha value is -3.02. The minimum absolute atomic E-state index is 0.0521. The summed E-state index contributed by atoms with van der Waals surface area (Å²) >= 11 is 0. The molecule has 1 atom stereocenters. The maximum Gasteiger partial charge on any atom is 0.310 e. The highest BCUT2D eigenvalue weighted by Crippen LogP contribution is 2.25. The Morgan fingerprint density at radius 3 is 2.69 bits per heavy atom. The third-order valence-electron chi connectivity index (χ3n) is 4.32. The van der Waals surface area contributed by atoms with Gasteiger partial charge in [-0.3, -0.25) is 9.59 Å². The molecule has 2 aromatic heterocycles. The maximum atomic E-state index is 12.1. The molecule has 2 heterocycles.